The first-order valence-corrected chi connectivity index (χ1v) is 4.83. The van der Waals surface area contributed by atoms with Crippen molar-refractivity contribution >= 4 is 18.2 Å². The van der Waals surface area contributed by atoms with Crippen LogP contribution in [-0.4, -0.2) is 36.5 Å². The molecule has 0 aromatic rings. The van der Waals surface area contributed by atoms with Crippen LogP contribution in [-0.2, 0) is 4.79 Å². The van der Waals surface area contributed by atoms with Crippen LogP contribution >= 0.6 is 11.8 Å². The Morgan fingerprint density at radius 3 is 2.91 bits per heavy atom. The minimum atomic E-state index is 0.294. The molecule has 0 aliphatic carbocycles. The van der Waals surface area contributed by atoms with Crippen molar-refractivity contribution in [2.45, 2.75) is 24.3 Å². The van der Waals surface area contributed by atoms with Crippen LogP contribution in [0.1, 0.15) is 6.92 Å². The Kier molecular flexibility index (Phi) is 3.20. The Bertz CT molecular complexity index is 142. The average molecular weight is 174 g/mol. The largest absolute Gasteiger partial charge is 0.353 e. The molecule has 64 valence electrons. The minimum Gasteiger partial charge on any atom is -0.353 e. The van der Waals surface area contributed by atoms with E-state index in [-0.39, 0.29) is 0 Å². The maximum atomic E-state index is 10.2. The monoisotopic (exact) mass is 174 g/mol. The first kappa shape index (κ1) is 8.87. The maximum absolute atomic E-state index is 10.2. The van der Waals surface area contributed by atoms with Gasteiger partial charge in [-0.15, -0.1) is 0 Å². The van der Waals surface area contributed by atoms with E-state index in [0.717, 1.165) is 12.2 Å². The minimum absolute atomic E-state index is 0.294. The molecule has 1 aliphatic rings. The standard InChI is InChI=1S/C7H14N2OS/c1-5-7(9-4-10)6(8-2)3-11-5/h4-8H,3H2,1-2H3,(H,9,10)/t5-,6?,7?/m0/s1. The highest BCUT2D eigenvalue weighted by Crippen LogP contribution is 2.26. The summed E-state index contributed by atoms with van der Waals surface area (Å²) in [4.78, 5) is 10.2. The van der Waals surface area contributed by atoms with Gasteiger partial charge in [-0.1, -0.05) is 6.92 Å². The number of hydrogen-bond acceptors (Lipinski definition) is 3. The van der Waals surface area contributed by atoms with E-state index in [1.807, 2.05) is 18.8 Å². The van der Waals surface area contributed by atoms with Gasteiger partial charge in [-0.2, -0.15) is 11.8 Å². The van der Waals surface area contributed by atoms with Gasteiger partial charge < -0.3 is 10.6 Å². The van der Waals surface area contributed by atoms with Crippen molar-refractivity contribution < 1.29 is 4.79 Å². The lowest BCUT2D eigenvalue weighted by Crippen LogP contribution is -2.47. The molecule has 0 aromatic carbocycles. The van der Waals surface area contributed by atoms with Crippen LogP contribution < -0.4 is 10.6 Å². The molecule has 0 bridgehead atoms. The summed E-state index contributed by atoms with van der Waals surface area (Å²) in [7, 11) is 1.93. The molecule has 1 amide bonds. The van der Waals surface area contributed by atoms with Crippen LogP contribution in [0.3, 0.4) is 0 Å². The molecule has 2 unspecified atom stereocenters. The lowest BCUT2D eigenvalue weighted by molar-refractivity contribution is -0.110. The Hall–Kier alpha value is -0.220. The molecule has 11 heavy (non-hydrogen) atoms. The molecule has 1 fully saturated rings. The number of carbonyl (C=O) groups is 1. The van der Waals surface area contributed by atoms with E-state index in [4.69, 9.17) is 0 Å². The molecule has 0 aromatic heterocycles. The zero-order chi connectivity index (χ0) is 8.27. The van der Waals surface area contributed by atoms with Gasteiger partial charge in [-0.3, -0.25) is 4.79 Å². The molecule has 0 radical (unpaired) electrons. The van der Waals surface area contributed by atoms with Gasteiger partial charge in [0.05, 0.1) is 6.04 Å². The maximum Gasteiger partial charge on any atom is 0.207 e. The summed E-state index contributed by atoms with van der Waals surface area (Å²) in [6.07, 6.45) is 0.789. The molecule has 1 rings (SSSR count). The zero-order valence-electron chi connectivity index (χ0n) is 6.83. The van der Waals surface area contributed by atoms with Gasteiger partial charge in [0.25, 0.3) is 0 Å². The van der Waals surface area contributed by atoms with Crippen LogP contribution in [0.4, 0.5) is 0 Å². The quantitative estimate of drug-likeness (QED) is 0.583. The van der Waals surface area contributed by atoms with Gasteiger partial charge in [-0.25, -0.2) is 0 Å². The third-order valence-electron chi connectivity index (χ3n) is 2.11. The number of hydrogen-bond donors (Lipinski definition) is 2. The van der Waals surface area contributed by atoms with Gasteiger partial charge in [0, 0.05) is 17.0 Å². The fourth-order valence-corrected chi connectivity index (χ4v) is 2.74. The summed E-state index contributed by atoms with van der Waals surface area (Å²) in [5.41, 5.74) is 0. The second-order valence-electron chi connectivity index (χ2n) is 2.74. The fraction of sp³-hybridized carbons (Fsp3) is 0.857. The molecule has 4 heteroatoms. The van der Waals surface area contributed by atoms with E-state index >= 15 is 0 Å². The second-order valence-corrected chi connectivity index (χ2v) is 4.15. The first-order chi connectivity index (χ1) is 5.29. The topological polar surface area (TPSA) is 41.1 Å². The van der Waals surface area contributed by atoms with Crippen molar-refractivity contribution in [2.24, 2.45) is 0 Å². The van der Waals surface area contributed by atoms with Crippen LogP contribution in [0.5, 0.6) is 0 Å². The Labute approximate surface area is 71.3 Å². The number of amides is 1. The summed E-state index contributed by atoms with van der Waals surface area (Å²) in [6.45, 7) is 2.14. The van der Waals surface area contributed by atoms with Crippen LogP contribution in [0, 0.1) is 0 Å². The highest BCUT2D eigenvalue weighted by molar-refractivity contribution is 8.00. The molecule has 0 spiro atoms. The van der Waals surface area contributed by atoms with Gasteiger partial charge in [-0.05, 0) is 7.05 Å². The number of likely N-dealkylation sites (N-methyl/N-ethyl adjacent to an activating group) is 1. The zero-order valence-corrected chi connectivity index (χ0v) is 7.65. The number of nitrogens with one attached hydrogen (secondary N) is 2. The Balaban J connectivity index is 2.48. The number of rotatable bonds is 3. The van der Waals surface area contributed by atoms with Crippen molar-refractivity contribution in [3.05, 3.63) is 0 Å². The molecular formula is C7H14N2OS. The average Bonchev–Trinajstić information content (AvgIpc) is 2.34. The smallest absolute Gasteiger partial charge is 0.207 e. The van der Waals surface area contributed by atoms with E-state index in [9.17, 15) is 4.79 Å². The van der Waals surface area contributed by atoms with E-state index in [1.54, 1.807) is 0 Å². The van der Waals surface area contributed by atoms with Crippen LogP contribution in [0.15, 0.2) is 0 Å². The van der Waals surface area contributed by atoms with E-state index in [1.165, 1.54) is 0 Å². The fourth-order valence-electron chi connectivity index (χ4n) is 1.38. The third-order valence-corrected chi connectivity index (χ3v) is 3.48. The van der Waals surface area contributed by atoms with Gasteiger partial charge in [0.2, 0.25) is 6.41 Å². The van der Waals surface area contributed by atoms with Crippen molar-refractivity contribution in [2.75, 3.05) is 12.8 Å². The highest BCUT2D eigenvalue weighted by atomic mass is 32.2. The van der Waals surface area contributed by atoms with E-state index in [0.29, 0.717) is 17.3 Å². The predicted molar refractivity (Wildman–Crippen MR) is 47.8 cm³/mol. The summed E-state index contributed by atoms with van der Waals surface area (Å²) < 4.78 is 0. The van der Waals surface area contributed by atoms with E-state index in [2.05, 4.69) is 17.6 Å². The lowest BCUT2D eigenvalue weighted by Gasteiger charge is -2.19. The van der Waals surface area contributed by atoms with Crippen molar-refractivity contribution in [3.63, 3.8) is 0 Å². The van der Waals surface area contributed by atoms with Gasteiger partial charge >= 0.3 is 0 Å². The third kappa shape index (κ3) is 1.87. The molecule has 1 aliphatic heterocycles. The van der Waals surface area contributed by atoms with Gasteiger partial charge in [0.15, 0.2) is 0 Å². The van der Waals surface area contributed by atoms with Crippen LogP contribution in [0.25, 0.3) is 0 Å². The summed E-state index contributed by atoms with van der Waals surface area (Å²) in [5, 5.41) is 6.54. The highest BCUT2D eigenvalue weighted by Gasteiger charge is 2.32. The lowest BCUT2D eigenvalue weighted by atomic mass is 10.1. The first-order valence-electron chi connectivity index (χ1n) is 3.78. The molecule has 2 N–H and O–H groups in total. The van der Waals surface area contributed by atoms with Gasteiger partial charge in [0.1, 0.15) is 0 Å². The van der Waals surface area contributed by atoms with Crippen LogP contribution in [0.2, 0.25) is 0 Å². The molecule has 1 heterocycles. The number of thioether (sulfide) groups is 1. The summed E-state index contributed by atoms with van der Waals surface area (Å²) in [5.74, 6) is 1.09. The van der Waals surface area contributed by atoms with Crippen molar-refractivity contribution in [1.82, 2.24) is 10.6 Å². The van der Waals surface area contributed by atoms with Crippen molar-refractivity contribution in [1.29, 1.82) is 0 Å². The van der Waals surface area contributed by atoms with Crippen molar-refractivity contribution in [3.8, 4) is 0 Å². The molecule has 3 nitrogen and oxygen atoms in total. The SMILES string of the molecule is CNC1CS[C@@H](C)C1NC=O. The summed E-state index contributed by atoms with van der Waals surface area (Å²) in [6, 6.07) is 0.725. The Morgan fingerprint density at radius 1 is 1.64 bits per heavy atom. The molecular weight excluding hydrogens is 160 g/mol. The number of carbonyl (C=O) groups excluding carboxylic acids is 1. The predicted octanol–water partition coefficient (Wildman–Crippen LogP) is -0.176. The van der Waals surface area contributed by atoms with E-state index < -0.39 is 0 Å². The molecule has 3 atom stereocenters. The normalized spacial score (nSPS) is 37.1. The molecule has 0 saturated carbocycles. The second kappa shape index (κ2) is 3.97. The Morgan fingerprint density at radius 2 is 2.36 bits per heavy atom. The molecule has 1 saturated heterocycles. The summed E-state index contributed by atoms with van der Waals surface area (Å²) >= 11 is 1.89.